The number of nitrogens with two attached hydrogens (primary N) is 2. The van der Waals surface area contributed by atoms with Gasteiger partial charge < -0.3 is 11.5 Å². The standard InChI is InChI=1S/C15H15N5O.C2H6/c1-9-4-5-18-13(6-9)20-12-3-2-10(8-16)7-11(12)14(19-20)15(17)21;1-2/h2-7H,8,16H2,1H3,(H2,17,21);1-2H3. The highest BCUT2D eigenvalue weighted by Gasteiger charge is 2.16. The number of amides is 1. The predicted molar refractivity (Wildman–Crippen MR) is 91.4 cm³/mol. The zero-order valence-electron chi connectivity index (χ0n) is 13.6. The van der Waals surface area contributed by atoms with Gasteiger partial charge in [0.05, 0.1) is 5.52 Å². The minimum absolute atomic E-state index is 0.226. The van der Waals surface area contributed by atoms with Crippen LogP contribution in [-0.4, -0.2) is 20.7 Å². The Morgan fingerprint density at radius 2 is 1.96 bits per heavy atom. The topological polar surface area (TPSA) is 99.8 Å². The first-order valence-electron chi connectivity index (χ1n) is 7.54. The number of fused-ring (bicyclic) bond motifs is 1. The van der Waals surface area contributed by atoms with Crippen LogP contribution in [0.2, 0.25) is 0 Å². The van der Waals surface area contributed by atoms with Crippen LogP contribution < -0.4 is 11.5 Å². The fraction of sp³-hybridized carbons (Fsp3) is 0.235. The molecule has 1 aromatic carbocycles. The molecule has 6 heteroatoms. The average molecular weight is 311 g/mol. The molecule has 6 nitrogen and oxygen atoms in total. The largest absolute Gasteiger partial charge is 0.364 e. The molecular formula is C17H21N5O. The van der Waals surface area contributed by atoms with Crippen LogP contribution in [0.1, 0.15) is 35.5 Å². The Balaban J connectivity index is 0.000000924. The maximum atomic E-state index is 11.6. The molecule has 3 rings (SSSR count). The van der Waals surface area contributed by atoms with Crippen LogP contribution in [0.25, 0.3) is 16.7 Å². The first-order chi connectivity index (χ1) is 11.1. The van der Waals surface area contributed by atoms with Gasteiger partial charge in [0.2, 0.25) is 0 Å². The summed E-state index contributed by atoms with van der Waals surface area (Å²) in [6, 6.07) is 9.42. The number of nitrogens with zero attached hydrogens (tertiary/aromatic N) is 3. The molecule has 0 unspecified atom stereocenters. The second-order valence-corrected chi connectivity index (χ2v) is 4.87. The minimum Gasteiger partial charge on any atom is -0.364 e. The Labute approximate surface area is 135 Å². The summed E-state index contributed by atoms with van der Waals surface area (Å²) in [5.74, 6) is 0.0774. The molecule has 0 aliphatic carbocycles. The van der Waals surface area contributed by atoms with Gasteiger partial charge in [-0.05, 0) is 42.3 Å². The third-order valence-corrected chi connectivity index (χ3v) is 3.33. The summed E-state index contributed by atoms with van der Waals surface area (Å²) < 4.78 is 1.63. The highest BCUT2D eigenvalue weighted by molar-refractivity contribution is 6.04. The van der Waals surface area contributed by atoms with Gasteiger partial charge in [-0.15, -0.1) is 0 Å². The number of hydrogen-bond acceptors (Lipinski definition) is 4. The van der Waals surface area contributed by atoms with E-state index in [-0.39, 0.29) is 5.69 Å². The number of pyridine rings is 1. The number of aryl methyl sites for hydroxylation is 1. The lowest BCUT2D eigenvalue weighted by Crippen LogP contribution is -2.13. The van der Waals surface area contributed by atoms with Crippen molar-refractivity contribution in [3.63, 3.8) is 0 Å². The fourth-order valence-electron chi connectivity index (χ4n) is 2.28. The van der Waals surface area contributed by atoms with Gasteiger partial charge in [0.1, 0.15) is 0 Å². The van der Waals surface area contributed by atoms with E-state index in [1.165, 1.54) is 0 Å². The number of aromatic nitrogens is 3. The van der Waals surface area contributed by atoms with Crippen LogP contribution in [0, 0.1) is 6.92 Å². The van der Waals surface area contributed by atoms with Crippen LogP contribution in [-0.2, 0) is 6.54 Å². The highest BCUT2D eigenvalue weighted by Crippen LogP contribution is 2.23. The van der Waals surface area contributed by atoms with Crippen molar-refractivity contribution in [2.24, 2.45) is 11.5 Å². The quantitative estimate of drug-likeness (QED) is 0.775. The summed E-state index contributed by atoms with van der Waals surface area (Å²) in [7, 11) is 0. The molecule has 0 radical (unpaired) electrons. The lowest BCUT2D eigenvalue weighted by Gasteiger charge is -2.03. The van der Waals surface area contributed by atoms with Gasteiger partial charge in [0.25, 0.3) is 5.91 Å². The lowest BCUT2D eigenvalue weighted by atomic mass is 10.1. The van der Waals surface area contributed by atoms with E-state index in [1.807, 2.05) is 51.1 Å². The van der Waals surface area contributed by atoms with Crippen molar-refractivity contribution in [2.75, 3.05) is 0 Å². The van der Waals surface area contributed by atoms with E-state index in [2.05, 4.69) is 10.1 Å². The van der Waals surface area contributed by atoms with Crippen LogP contribution in [0.5, 0.6) is 0 Å². The van der Waals surface area contributed by atoms with Crippen molar-refractivity contribution in [2.45, 2.75) is 27.3 Å². The number of carbonyl (C=O) groups excluding carboxylic acids is 1. The SMILES string of the molecule is CC.Cc1ccnc(-n2nc(C(N)=O)c3cc(CN)ccc32)c1. The molecule has 2 aromatic heterocycles. The molecule has 2 heterocycles. The van der Waals surface area contributed by atoms with Gasteiger partial charge in [0, 0.05) is 18.1 Å². The Morgan fingerprint density at radius 3 is 2.57 bits per heavy atom. The molecule has 3 aromatic rings. The minimum atomic E-state index is -0.569. The smallest absolute Gasteiger partial charge is 0.269 e. The molecule has 0 spiro atoms. The molecule has 0 fully saturated rings. The molecule has 1 amide bonds. The zero-order valence-corrected chi connectivity index (χ0v) is 13.6. The van der Waals surface area contributed by atoms with Crippen molar-refractivity contribution in [1.29, 1.82) is 0 Å². The Hall–Kier alpha value is -2.73. The Morgan fingerprint density at radius 1 is 1.22 bits per heavy atom. The molecule has 0 aliphatic heterocycles. The predicted octanol–water partition coefficient (Wildman–Crippen LogP) is 2.31. The van der Waals surface area contributed by atoms with Crippen molar-refractivity contribution < 1.29 is 4.79 Å². The Kier molecular flexibility index (Phi) is 5.08. The van der Waals surface area contributed by atoms with Gasteiger partial charge in [-0.2, -0.15) is 5.10 Å². The van der Waals surface area contributed by atoms with E-state index in [4.69, 9.17) is 11.5 Å². The second-order valence-electron chi connectivity index (χ2n) is 4.87. The summed E-state index contributed by atoms with van der Waals surface area (Å²) in [6.45, 7) is 6.36. The lowest BCUT2D eigenvalue weighted by molar-refractivity contribution is 0.0996. The molecule has 0 saturated heterocycles. The molecule has 0 atom stereocenters. The molecule has 0 aliphatic rings. The summed E-state index contributed by atoms with van der Waals surface area (Å²) in [4.78, 5) is 15.9. The number of carbonyl (C=O) groups is 1. The first-order valence-corrected chi connectivity index (χ1v) is 7.54. The molecule has 0 bridgehead atoms. The number of rotatable bonds is 3. The van der Waals surface area contributed by atoms with Crippen molar-refractivity contribution in [3.05, 3.63) is 53.3 Å². The average Bonchev–Trinajstić information content (AvgIpc) is 2.95. The highest BCUT2D eigenvalue weighted by atomic mass is 16.1. The second kappa shape index (κ2) is 7.02. The van der Waals surface area contributed by atoms with E-state index < -0.39 is 5.91 Å². The molecule has 23 heavy (non-hydrogen) atoms. The fourth-order valence-corrected chi connectivity index (χ4v) is 2.28. The van der Waals surface area contributed by atoms with Crippen LogP contribution >= 0.6 is 0 Å². The van der Waals surface area contributed by atoms with Gasteiger partial charge in [0.15, 0.2) is 11.5 Å². The summed E-state index contributed by atoms with van der Waals surface area (Å²) in [5.41, 5.74) is 14.1. The van der Waals surface area contributed by atoms with Crippen LogP contribution in [0.3, 0.4) is 0 Å². The normalized spacial score (nSPS) is 10.3. The van der Waals surface area contributed by atoms with E-state index in [9.17, 15) is 4.79 Å². The van der Waals surface area contributed by atoms with E-state index in [0.29, 0.717) is 17.7 Å². The molecule has 4 N–H and O–H groups in total. The van der Waals surface area contributed by atoms with Crippen LogP contribution in [0.4, 0.5) is 0 Å². The number of primary amides is 1. The summed E-state index contributed by atoms with van der Waals surface area (Å²) >= 11 is 0. The maximum Gasteiger partial charge on any atom is 0.269 e. The summed E-state index contributed by atoms with van der Waals surface area (Å²) in [6.07, 6.45) is 1.70. The molecule has 120 valence electrons. The maximum absolute atomic E-state index is 11.6. The Bertz CT molecular complexity index is 838. The van der Waals surface area contributed by atoms with Crippen LogP contribution in [0.15, 0.2) is 36.5 Å². The third-order valence-electron chi connectivity index (χ3n) is 3.33. The summed E-state index contributed by atoms with van der Waals surface area (Å²) in [5, 5.41) is 5.00. The first kappa shape index (κ1) is 16.6. The van der Waals surface area contributed by atoms with Crippen molar-refractivity contribution in [3.8, 4) is 5.82 Å². The molecule has 0 saturated carbocycles. The van der Waals surface area contributed by atoms with Gasteiger partial charge in [-0.1, -0.05) is 19.9 Å². The zero-order chi connectivity index (χ0) is 17.0. The monoisotopic (exact) mass is 311 g/mol. The number of benzene rings is 1. The van der Waals surface area contributed by atoms with Gasteiger partial charge >= 0.3 is 0 Å². The van der Waals surface area contributed by atoms with E-state index >= 15 is 0 Å². The number of hydrogen-bond donors (Lipinski definition) is 2. The van der Waals surface area contributed by atoms with E-state index in [0.717, 1.165) is 16.6 Å². The van der Waals surface area contributed by atoms with Gasteiger partial charge in [-0.25, -0.2) is 9.67 Å². The van der Waals surface area contributed by atoms with Crippen molar-refractivity contribution >= 4 is 16.8 Å². The molecular weight excluding hydrogens is 290 g/mol. The van der Waals surface area contributed by atoms with Gasteiger partial charge in [-0.3, -0.25) is 4.79 Å². The third kappa shape index (κ3) is 3.22. The van der Waals surface area contributed by atoms with Crippen molar-refractivity contribution in [1.82, 2.24) is 14.8 Å². The van der Waals surface area contributed by atoms with E-state index in [1.54, 1.807) is 10.9 Å².